The van der Waals surface area contributed by atoms with Crippen molar-refractivity contribution in [2.45, 2.75) is 12.8 Å². The first-order valence-corrected chi connectivity index (χ1v) is 5.72. The van der Waals surface area contributed by atoms with Crippen molar-refractivity contribution in [3.8, 4) is 0 Å². The number of aliphatic hydroxyl groups is 1. The lowest BCUT2D eigenvalue weighted by Gasteiger charge is -2.18. The smallest absolute Gasteiger partial charge is 0.153 e. The van der Waals surface area contributed by atoms with Crippen LogP contribution in [0, 0.1) is 5.92 Å². The number of anilines is 2. The largest absolute Gasteiger partial charge is 0.396 e. The van der Waals surface area contributed by atoms with Gasteiger partial charge >= 0.3 is 0 Å². The molecule has 0 saturated carbocycles. The monoisotopic (exact) mass is 242 g/mol. The molecule has 0 spiro atoms. The Balaban J connectivity index is 2.11. The molecule has 1 aliphatic rings. The van der Waals surface area contributed by atoms with Gasteiger partial charge in [0.05, 0.1) is 0 Å². The second-order valence-electron chi connectivity index (χ2n) is 4.01. The zero-order chi connectivity index (χ0) is 11.5. The summed E-state index contributed by atoms with van der Waals surface area (Å²) in [5, 5.41) is 9.32. The molecular weight excluding hydrogens is 228 g/mol. The van der Waals surface area contributed by atoms with Crippen LogP contribution in [0.4, 0.5) is 11.6 Å². The average Bonchev–Trinajstić information content (AvgIpc) is 2.71. The third-order valence-electron chi connectivity index (χ3n) is 2.92. The summed E-state index contributed by atoms with van der Waals surface area (Å²) in [5.41, 5.74) is 5.63. The zero-order valence-corrected chi connectivity index (χ0v) is 9.69. The van der Waals surface area contributed by atoms with Gasteiger partial charge in [0.2, 0.25) is 0 Å². The quantitative estimate of drug-likeness (QED) is 0.825. The summed E-state index contributed by atoms with van der Waals surface area (Å²) in [4.78, 5) is 10.1. The molecule has 2 heterocycles. The number of nitrogens with zero attached hydrogens (tertiary/aromatic N) is 3. The van der Waals surface area contributed by atoms with Crippen molar-refractivity contribution in [2.75, 3.05) is 30.3 Å². The lowest BCUT2D eigenvalue weighted by atomic mass is 10.1. The number of aromatic nitrogens is 2. The van der Waals surface area contributed by atoms with E-state index in [0.29, 0.717) is 22.6 Å². The summed E-state index contributed by atoms with van der Waals surface area (Å²) in [5.74, 6) is 1.53. The van der Waals surface area contributed by atoms with Crippen LogP contribution in [-0.4, -0.2) is 34.8 Å². The molecule has 1 unspecified atom stereocenters. The second-order valence-corrected chi connectivity index (χ2v) is 4.39. The summed E-state index contributed by atoms with van der Waals surface area (Å²) in [6.07, 6.45) is 3.31. The van der Waals surface area contributed by atoms with E-state index in [1.807, 2.05) is 0 Å². The molecule has 1 aromatic heterocycles. The van der Waals surface area contributed by atoms with Crippen molar-refractivity contribution in [2.24, 2.45) is 5.92 Å². The van der Waals surface area contributed by atoms with E-state index in [1.54, 1.807) is 0 Å². The van der Waals surface area contributed by atoms with Crippen molar-refractivity contribution in [1.29, 1.82) is 0 Å². The topological polar surface area (TPSA) is 75.3 Å². The minimum Gasteiger partial charge on any atom is -0.396 e. The number of aliphatic hydroxyl groups excluding tert-OH is 1. The normalized spacial score (nSPS) is 20.4. The van der Waals surface area contributed by atoms with Crippen LogP contribution in [0.2, 0.25) is 5.02 Å². The van der Waals surface area contributed by atoms with E-state index in [0.717, 1.165) is 25.9 Å². The third-order valence-corrected chi connectivity index (χ3v) is 3.28. The first kappa shape index (κ1) is 11.4. The van der Waals surface area contributed by atoms with Crippen LogP contribution in [0.25, 0.3) is 0 Å². The predicted octanol–water partition coefficient (Wildman–Crippen LogP) is 0.921. The van der Waals surface area contributed by atoms with Crippen molar-refractivity contribution < 1.29 is 5.11 Å². The summed E-state index contributed by atoms with van der Waals surface area (Å²) in [6, 6.07) is 0. The molecule has 1 saturated heterocycles. The maximum Gasteiger partial charge on any atom is 0.153 e. The first-order valence-electron chi connectivity index (χ1n) is 5.34. The number of nitrogen functional groups attached to an aromatic ring is 1. The molecule has 1 aromatic rings. The first-order chi connectivity index (χ1) is 7.72. The summed E-state index contributed by atoms with van der Waals surface area (Å²) < 4.78 is 0. The Morgan fingerprint density at radius 3 is 3.12 bits per heavy atom. The molecule has 1 fully saturated rings. The van der Waals surface area contributed by atoms with E-state index in [9.17, 15) is 0 Å². The van der Waals surface area contributed by atoms with Crippen LogP contribution < -0.4 is 10.6 Å². The molecule has 5 nitrogen and oxygen atoms in total. The fourth-order valence-corrected chi connectivity index (χ4v) is 2.25. The van der Waals surface area contributed by atoms with Gasteiger partial charge in [0.1, 0.15) is 17.2 Å². The van der Waals surface area contributed by atoms with Gasteiger partial charge in [-0.1, -0.05) is 11.6 Å². The summed E-state index contributed by atoms with van der Waals surface area (Å²) in [7, 11) is 0. The minimum absolute atomic E-state index is 0.234. The highest BCUT2D eigenvalue weighted by atomic mass is 35.5. The van der Waals surface area contributed by atoms with Gasteiger partial charge < -0.3 is 15.7 Å². The van der Waals surface area contributed by atoms with Gasteiger partial charge in [-0.25, -0.2) is 9.97 Å². The molecule has 0 radical (unpaired) electrons. The molecule has 0 amide bonds. The van der Waals surface area contributed by atoms with E-state index in [-0.39, 0.29) is 6.61 Å². The molecule has 0 bridgehead atoms. The SMILES string of the molecule is Nc1ncnc(N2CCC(CCO)C2)c1Cl. The number of hydrogen-bond donors (Lipinski definition) is 2. The van der Waals surface area contributed by atoms with E-state index < -0.39 is 0 Å². The number of halogens is 1. The van der Waals surface area contributed by atoms with Gasteiger partial charge in [0, 0.05) is 19.7 Å². The molecule has 1 atom stereocenters. The lowest BCUT2D eigenvalue weighted by molar-refractivity contribution is 0.263. The number of rotatable bonds is 3. The van der Waals surface area contributed by atoms with Gasteiger partial charge in [-0.2, -0.15) is 0 Å². The van der Waals surface area contributed by atoms with Gasteiger partial charge in [0.15, 0.2) is 5.82 Å². The van der Waals surface area contributed by atoms with Crippen molar-refractivity contribution in [3.05, 3.63) is 11.3 Å². The Morgan fingerprint density at radius 2 is 2.38 bits per heavy atom. The van der Waals surface area contributed by atoms with Crippen molar-refractivity contribution in [1.82, 2.24) is 9.97 Å². The van der Waals surface area contributed by atoms with E-state index in [4.69, 9.17) is 22.4 Å². The Morgan fingerprint density at radius 1 is 1.56 bits per heavy atom. The van der Waals surface area contributed by atoms with Crippen molar-refractivity contribution in [3.63, 3.8) is 0 Å². The summed E-state index contributed by atoms with van der Waals surface area (Å²) >= 11 is 6.06. The van der Waals surface area contributed by atoms with Crippen LogP contribution in [0.5, 0.6) is 0 Å². The second kappa shape index (κ2) is 4.84. The van der Waals surface area contributed by atoms with Crippen LogP contribution in [0.1, 0.15) is 12.8 Å². The third kappa shape index (κ3) is 2.20. The number of nitrogens with two attached hydrogens (primary N) is 1. The maximum atomic E-state index is 8.89. The average molecular weight is 243 g/mol. The Kier molecular flexibility index (Phi) is 3.46. The van der Waals surface area contributed by atoms with Gasteiger partial charge in [-0.05, 0) is 18.8 Å². The fourth-order valence-electron chi connectivity index (χ4n) is 2.04. The highest BCUT2D eigenvalue weighted by Crippen LogP contribution is 2.31. The van der Waals surface area contributed by atoms with E-state index >= 15 is 0 Å². The highest BCUT2D eigenvalue weighted by molar-refractivity contribution is 6.35. The zero-order valence-electron chi connectivity index (χ0n) is 8.93. The maximum absolute atomic E-state index is 8.89. The molecule has 0 aliphatic carbocycles. The number of hydrogen-bond acceptors (Lipinski definition) is 5. The van der Waals surface area contributed by atoms with Crippen LogP contribution in [-0.2, 0) is 0 Å². The standard InChI is InChI=1S/C10H15ClN4O/c11-8-9(12)13-6-14-10(8)15-3-1-7(5-15)2-4-16/h6-7,16H,1-5H2,(H2,12,13,14). The van der Waals surface area contributed by atoms with Crippen LogP contribution >= 0.6 is 11.6 Å². The molecular formula is C10H15ClN4O. The molecule has 1 aliphatic heterocycles. The Bertz CT molecular complexity index is 374. The van der Waals surface area contributed by atoms with Crippen LogP contribution in [0.3, 0.4) is 0 Å². The fraction of sp³-hybridized carbons (Fsp3) is 0.600. The summed E-state index contributed by atoms with van der Waals surface area (Å²) in [6.45, 7) is 2.01. The van der Waals surface area contributed by atoms with Crippen molar-refractivity contribution >= 4 is 23.2 Å². The minimum atomic E-state index is 0.234. The molecule has 3 N–H and O–H groups in total. The Labute approximate surface area is 99.3 Å². The predicted molar refractivity (Wildman–Crippen MR) is 63.5 cm³/mol. The van der Waals surface area contributed by atoms with E-state index in [2.05, 4.69) is 14.9 Å². The highest BCUT2D eigenvalue weighted by Gasteiger charge is 2.25. The molecule has 88 valence electrons. The lowest BCUT2D eigenvalue weighted by Crippen LogP contribution is -2.22. The molecule has 2 rings (SSSR count). The van der Waals surface area contributed by atoms with Gasteiger partial charge in [0.25, 0.3) is 0 Å². The van der Waals surface area contributed by atoms with Gasteiger partial charge in [-0.15, -0.1) is 0 Å². The van der Waals surface area contributed by atoms with E-state index in [1.165, 1.54) is 6.33 Å². The van der Waals surface area contributed by atoms with Crippen LogP contribution in [0.15, 0.2) is 6.33 Å². The Hall–Kier alpha value is -1.07. The van der Waals surface area contributed by atoms with Gasteiger partial charge in [-0.3, -0.25) is 0 Å². The molecule has 16 heavy (non-hydrogen) atoms. The molecule has 0 aromatic carbocycles. The molecule has 6 heteroatoms.